The number of rotatable bonds is 6. The first kappa shape index (κ1) is 14.9. The first-order chi connectivity index (χ1) is 10.2. The molecule has 2 aromatic rings. The monoisotopic (exact) mass is 284 g/mol. The molecule has 0 atom stereocenters. The Labute approximate surface area is 124 Å². The average Bonchev–Trinajstić information content (AvgIpc) is 2.50. The van der Waals surface area contributed by atoms with Crippen molar-refractivity contribution in [3.8, 4) is 5.75 Å². The molecular weight excluding hydrogens is 264 g/mol. The van der Waals surface area contributed by atoms with Crippen molar-refractivity contribution < 1.29 is 9.53 Å². The van der Waals surface area contributed by atoms with E-state index < -0.39 is 0 Å². The third kappa shape index (κ3) is 4.84. The molecule has 0 heterocycles. The van der Waals surface area contributed by atoms with Gasteiger partial charge < -0.3 is 15.8 Å². The first-order valence-corrected chi connectivity index (χ1v) is 7.04. The number of carbonyl (C=O) groups excluding carboxylic acids is 1. The summed E-state index contributed by atoms with van der Waals surface area (Å²) in [4.78, 5) is 11.8. The Morgan fingerprint density at radius 1 is 1.19 bits per heavy atom. The van der Waals surface area contributed by atoms with E-state index in [1.807, 2.05) is 18.2 Å². The summed E-state index contributed by atoms with van der Waals surface area (Å²) in [6.07, 6.45) is 1.27. The number of nitrogens with one attached hydrogen (secondary N) is 1. The van der Waals surface area contributed by atoms with Gasteiger partial charge in [0.25, 0.3) is 0 Å². The van der Waals surface area contributed by atoms with Gasteiger partial charge in [-0.25, -0.2) is 0 Å². The summed E-state index contributed by atoms with van der Waals surface area (Å²) in [6.45, 7) is 2.45. The van der Waals surface area contributed by atoms with Gasteiger partial charge in [-0.15, -0.1) is 0 Å². The Morgan fingerprint density at radius 3 is 2.67 bits per heavy atom. The van der Waals surface area contributed by atoms with E-state index in [2.05, 4.69) is 18.3 Å². The topological polar surface area (TPSA) is 64.3 Å². The van der Waals surface area contributed by atoms with E-state index in [9.17, 15) is 4.79 Å². The molecule has 0 aliphatic rings. The number of benzene rings is 2. The number of carbonyl (C=O) groups is 1. The smallest absolute Gasteiger partial charge is 0.227 e. The molecule has 0 spiro atoms. The minimum atomic E-state index is -0.0774. The van der Waals surface area contributed by atoms with E-state index in [1.165, 1.54) is 5.56 Å². The molecule has 1 amide bonds. The van der Waals surface area contributed by atoms with Gasteiger partial charge in [0.05, 0.1) is 13.0 Å². The van der Waals surface area contributed by atoms with Crippen molar-refractivity contribution in [2.45, 2.75) is 19.8 Å². The molecule has 0 aliphatic heterocycles. The number of hydrogen-bond donors (Lipinski definition) is 2. The third-order valence-electron chi connectivity index (χ3n) is 3.10. The van der Waals surface area contributed by atoms with Crippen LogP contribution in [-0.4, -0.2) is 12.5 Å². The first-order valence-electron chi connectivity index (χ1n) is 7.04. The lowest BCUT2D eigenvalue weighted by atomic mass is 10.2. The Morgan fingerprint density at radius 2 is 1.95 bits per heavy atom. The molecule has 0 aromatic heterocycles. The van der Waals surface area contributed by atoms with Crippen LogP contribution >= 0.6 is 0 Å². The van der Waals surface area contributed by atoms with Crippen LogP contribution in [0.2, 0.25) is 0 Å². The fraction of sp³-hybridized carbons (Fsp3) is 0.235. The van der Waals surface area contributed by atoms with E-state index in [1.54, 1.807) is 24.3 Å². The van der Waals surface area contributed by atoms with E-state index in [-0.39, 0.29) is 5.91 Å². The molecule has 0 bridgehead atoms. The van der Waals surface area contributed by atoms with Gasteiger partial charge in [0.1, 0.15) is 5.75 Å². The normalized spacial score (nSPS) is 10.1. The van der Waals surface area contributed by atoms with E-state index >= 15 is 0 Å². The summed E-state index contributed by atoms with van der Waals surface area (Å²) < 4.78 is 5.60. The predicted molar refractivity (Wildman–Crippen MR) is 85.4 cm³/mol. The highest BCUT2D eigenvalue weighted by Gasteiger charge is 2.03. The van der Waals surface area contributed by atoms with Crippen molar-refractivity contribution in [3.05, 3.63) is 54.1 Å². The van der Waals surface area contributed by atoms with Crippen LogP contribution < -0.4 is 15.8 Å². The molecule has 0 aliphatic carbocycles. The van der Waals surface area contributed by atoms with E-state index in [4.69, 9.17) is 10.5 Å². The fourth-order valence-electron chi connectivity index (χ4n) is 1.91. The van der Waals surface area contributed by atoms with Crippen LogP contribution in [0.1, 0.15) is 18.9 Å². The van der Waals surface area contributed by atoms with Gasteiger partial charge in [-0.1, -0.05) is 19.1 Å². The van der Waals surface area contributed by atoms with E-state index in [0.717, 1.165) is 17.9 Å². The molecule has 21 heavy (non-hydrogen) atoms. The molecule has 2 aromatic carbocycles. The number of amides is 1. The molecule has 110 valence electrons. The van der Waals surface area contributed by atoms with Crippen LogP contribution in [0, 0.1) is 0 Å². The highest BCUT2D eigenvalue weighted by Crippen LogP contribution is 2.14. The largest absolute Gasteiger partial charge is 0.493 e. The zero-order valence-corrected chi connectivity index (χ0v) is 12.1. The fourth-order valence-corrected chi connectivity index (χ4v) is 1.91. The van der Waals surface area contributed by atoms with Crippen LogP contribution in [0.3, 0.4) is 0 Å². The number of nitrogens with two attached hydrogens (primary N) is 1. The number of hydrogen-bond acceptors (Lipinski definition) is 3. The number of aryl methyl sites for hydroxylation is 1. The molecule has 2 rings (SSSR count). The van der Waals surface area contributed by atoms with Gasteiger partial charge in [0, 0.05) is 11.4 Å². The van der Waals surface area contributed by atoms with Gasteiger partial charge >= 0.3 is 0 Å². The summed E-state index contributed by atoms with van der Waals surface area (Å²) in [5, 5.41) is 2.80. The third-order valence-corrected chi connectivity index (χ3v) is 3.10. The summed E-state index contributed by atoms with van der Waals surface area (Å²) in [5.74, 6) is 0.723. The second-order valence-electron chi connectivity index (χ2n) is 4.77. The van der Waals surface area contributed by atoms with Crippen LogP contribution in [0.5, 0.6) is 5.75 Å². The van der Waals surface area contributed by atoms with Crippen molar-refractivity contribution in [2.75, 3.05) is 17.7 Å². The molecule has 4 heteroatoms. The second kappa shape index (κ2) is 7.33. The number of ether oxygens (including phenoxy) is 1. The Kier molecular flexibility index (Phi) is 5.21. The van der Waals surface area contributed by atoms with Crippen LogP contribution in [0.15, 0.2) is 48.5 Å². The lowest BCUT2D eigenvalue weighted by Gasteiger charge is -2.08. The van der Waals surface area contributed by atoms with Gasteiger partial charge in [-0.3, -0.25) is 4.79 Å². The SMILES string of the molecule is CCc1cccc(OCCC(=O)Nc2ccc(N)cc2)c1. The van der Waals surface area contributed by atoms with Crippen molar-refractivity contribution in [1.29, 1.82) is 0 Å². The Balaban J connectivity index is 1.77. The lowest BCUT2D eigenvalue weighted by molar-refractivity contribution is -0.116. The highest BCUT2D eigenvalue weighted by atomic mass is 16.5. The summed E-state index contributed by atoms with van der Waals surface area (Å²) in [5.41, 5.74) is 8.23. The van der Waals surface area contributed by atoms with Crippen molar-refractivity contribution in [3.63, 3.8) is 0 Å². The minimum absolute atomic E-state index is 0.0774. The van der Waals surface area contributed by atoms with Crippen molar-refractivity contribution in [2.24, 2.45) is 0 Å². The molecular formula is C17H20N2O2. The summed E-state index contributed by atoms with van der Waals surface area (Å²) in [7, 11) is 0. The van der Waals surface area contributed by atoms with Gasteiger partial charge in [0.2, 0.25) is 5.91 Å². The standard InChI is InChI=1S/C17H20N2O2/c1-2-13-4-3-5-16(12-13)21-11-10-17(20)19-15-8-6-14(18)7-9-15/h3-9,12H,2,10-11,18H2,1H3,(H,19,20). The Hall–Kier alpha value is -2.49. The molecule has 0 saturated carbocycles. The second-order valence-corrected chi connectivity index (χ2v) is 4.77. The minimum Gasteiger partial charge on any atom is -0.493 e. The maximum absolute atomic E-state index is 11.8. The number of nitrogen functional groups attached to an aromatic ring is 1. The molecule has 0 fully saturated rings. The van der Waals surface area contributed by atoms with Crippen LogP contribution in [0.4, 0.5) is 11.4 Å². The molecule has 0 saturated heterocycles. The maximum Gasteiger partial charge on any atom is 0.227 e. The zero-order valence-electron chi connectivity index (χ0n) is 12.1. The van der Waals surface area contributed by atoms with E-state index in [0.29, 0.717) is 18.7 Å². The number of anilines is 2. The molecule has 0 unspecified atom stereocenters. The van der Waals surface area contributed by atoms with Crippen molar-refractivity contribution in [1.82, 2.24) is 0 Å². The summed E-state index contributed by atoms with van der Waals surface area (Å²) >= 11 is 0. The van der Waals surface area contributed by atoms with Crippen LogP contribution in [-0.2, 0) is 11.2 Å². The van der Waals surface area contributed by atoms with Crippen molar-refractivity contribution >= 4 is 17.3 Å². The molecule has 0 radical (unpaired) electrons. The van der Waals surface area contributed by atoms with Crippen LogP contribution in [0.25, 0.3) is 0 Å². The summed E-state index contributed by atoms with van der Waals surface area (Å²) in [6, 6.07) is 15.0. The molecule has 3 N–H and O–H groups in total. The van der Waals surface area contributed by atoms with Gasteiger partial charge in [-0.05, 0) is 48.4 Å². The zero-order chi connectivity index (χ0) is 15.1. The lowest BCUT2D eigenvalue weighted by Crippen LogP contribution is -2.15. The predicted octanol–water partition coefficient (Wildman–Crippen LogP) is 3.24. The quantitative estimate of drug-likeness (QED) is 0.800. The Bertz CT molecular complexity index is 594. The maximum atomic E-state index is 11.8. The van der Waals surface area contributed by atoms with Gasteiger partial charge in [-0.2, -0.15) is 0 Å². The van der Waals surface area contributed by atoms with Gasteiger partial charge in [0.15, 0.2) is 0 Å². The average molecular weight is 284 g/mol. The highest BCUT2D eigenvalue weighted by molar-refractivity contribution is 5.90. The molecule has 4 nitrogen and oxygen atoms in total.